The molecule has 0 aromatic carbocycles. The molecule has 108 valence electrons. The summed E-state index contributed by atoms with van der Waals surface area (Å²) < 4.78 is 5.45. The molecule has 6 heteroatoms. The van der Waals surface area contributed by atoms with Crippen LogP contribution in [0.15, 0.2) is 4.52 Å². The second-order valence-electron chi connectivity index (χ2n) is 5.87. The minimum absolute atomic E-state index is 0.216. The minimum atomic E-state index is -0.279. The molecule has 2 rings (SSSR count). The van der Waals surface area contributed by atoms with Crippen molar-refractivity contribution in [3.63, 3.8) is 0 Å². The normalized spacial score (nSPS) is 22.9. The van der Waals surface area contributed by atoms with Crippen molar-refractivity contribution in [2.75, 3.05) is 40.3 Å². The summed E-state index contributed by atoms with van der Waals surface area (Å²) in [7, 11) is 4.24. The molecule has 1 saturated heterocycles. The van der Waals surface area contributed by atoms with Crippen molar-refractivity contribution in [2.24, 2.45) is 0 Å². The van der Waals surface area contributed by atoms with E-state index in [0.29, 0.717) is 5.89 Å². The average Bonchev–Trinajstić information content (AvgIpc) is 2.82. The molecule has 1 atom stereocenters. The summed E-state index contributed by atoms with van der Waals surface area (Å²) in [5.41, 5.74) is -0.279. The highest BCUT2D eigenvalue weighted by Crippen LogP contribution is 2.24. The Balaban J connectivity index is 2.16. The predicted octanol–water partition coefficient (Wildman–Crippen LogP) is 0.833. The van der Waals surface area contributed by atoms with Crippen molar-refractivity contribution < 1.29 is 4.52 Å². The van der Waals surface area contributed by atoms with Gasteiger partial charge in [0.1, 0.15) is 0 Å². The molecule has 0 radical (unpaired) electrons. The fourth-order valence-electron chi connectivity index (χ4n) is 2.43. The molecule has 0 aliphatic carbocycles. The number of hydrogen-bond acceptors (Lipinski definition) is 6. The lowest BCUT2D eigenvalue weighted by molar-refractivity contribution is 0.108. The van der Waals surface area contributed by atoms with Gasteiger partial charge in [-0.05, 0) is 34.5 Å². The zero-order chi connectivity index (χ0) is 14.0. The van der Waals surface area contributed by atoms with E-state index in [-0.39, 0.29) is 11.6 Å². The molecular formula is C13H25N5O. The van der Waals surface area contributed by atoms with Crippen LogP contribution in [0.25, 0.3) is 0 Å². The van der Waals surface area contributed by atoms with Gasteiger partial charge in [-0.25, -0.2) is 0 Å². The summed E-state index contributed by atoms with van der Waals surface area (Å²) in [6.07, 6.45) is 0. The van der Waals surface area contributed by atoms with Crippen molar-refractivity contribution in [3.05, 3.63) is 11.7 Å². The Kier molecular flexibility index (Phi) is 4.23. The molecule has 0 amide bonds. The number of nitrogens with zero attached hydrogens (tertiary/aromatic N) is 4. The number of hydrogen-bond donors (Lipinski definition) is 1. The van der Waals surface area contributed by atoms with E-state index in [1.54, 1.807) is 0 Å². The van der Waals surface area contributed by atoms with E-state index < -0.39 is 0 Å². The molecule has 1 N–H and O–H groups in total. The van der Waals surface area contributed by atoms with E-state index in [4.69, 9.17) is 4.52 Å². The first kappa shape index (κ1) is 14.4. The summed E-state index contributed by atoms with van der Waals surface area (Å²) in [5, 5.41) is 7.53. The van der Waals surface area contributed by atoms with Crippen LogP contribution in [0.1, 0.15) is 38.5 Å². The maximum absolute atomic E-state index is 5.45. The Morgan fingerprint density at radius 3 is 2.79 bits per heavy atom. The molecule has 2 heterocycles. The lowest BCUT2D eigenvalue weighted by Crippen LogP contribution is -2.45. The summed E-state index contributed by atoms with van der Waals surface area (Å²) in [4.78, 5) is 9.19. The first-order valence-corrected chi connectivity index (χ1v) is 6.92. The van der Waals surface area contributed by atoms with Crippen molar-refractivity contribution in [1.29, 1.82) is 0 Å². The van der Waals surface area contributed by atoms with Crippen molar-refractivity contribution >= 4 is 0 Å². The fourth-order valence-corrected chi connectivity index (χ4v) is 2.43. The van der Waals surface area contributed by atoms with Crippen LogP contribution in [0.2, 0.25) is 0 Å². The average molecular weight is 267 g/mol. The topological polar surface area (TPSA) is 57.4 Å². The van der Waals surface area contributed by atoms with Crippen LogP contribution < -0.4 is 5.32 Å². The summed E-state index contributed by atoms with van der Waals surface area (Å²) >= 11 is 0. The maximum atomic E-state index is 5.45. The van der Waals surface area contributed by atoms with Gasteiger partial charge in [0, 0.05) is 19.6 Å². The van der Waals surface area contributed by atoms with Gasteiger partial charge in [-0.3, -0.25) is 4.90 Å². The van der Waals surface area contributed by atoms with Crippen molar-refractivity contribution in [1.82, 2.24) is 25.3 Å². The SMILES string of the molecule is CCNC(C)(C)c1nc(C2CN(C)CCN2C)no1. The molecule has 0 bridgehead atoms. The van der Waals surface area contributed by atoms with Gasteiger partial charge in [-0.15, -0.1) is 0 Å². The molecule has 1 aliphatic heterocycles. The third-order valence-electron chi connectivity index (χ3n) is 3.74. The van der Waals surface area contributed by atoms with Crippen LogP contribution in [-0.4, -0.2) is 60.2 Å². The number of piperazine rings is 1. The van der Waals surface area contributed by atoms with Gasteiger partial charge >= 0.3 is 0 Å². The van der Waals surface area contributed by atoms with E-state index in [2.05, 4.69) is 60.1 Å². The lowest BCUT2D eigenvalue weighted by atomic mass is 10.1. The van der Waals surface area contributed by atoms with Crippen LogP contribution in [0, 0.1) is 0 Å². The number of rotatable bonds is 4. The van der Waals surface area contributed by atoms with Gasteiger partial charge in [0.25, 0.3) is 0 Å². The highest BCUT2D eigenvalue weighted by Gasteiger charge is 2.31. The zero-order valence-corrected chi connectivity index (χ0v) is 12.6. The van der Waals surface area contributed by atoms with Crippen LogP contribution in [-0.2, 0) is 5.54 Å². The monoisotopic (exact) mass is 267 g/mol. The Labute approximate surface area is 115 Å². The van der Waals surface area contributed by atoms with Crippen LogP contribution in [0.3, 0.4) is 0 Å². The van der Waals surface area contributed by atoms with Crippen LogP contribution >= 0.6 is 0 Å². The third-order valence-corrected chi connectivity index (χ3v) is 3.74. The highest BCUT2D eigenvalue weighted by molar-refractivity contribution is 5.03. The minimum Gasteiger partial charge on any atom is -0.337 e. The van der Waals surface area contributed by atoms with E-state index in [0.717, 1.165) is 32.0 Å². The van der Waals surface area contributed by atoms with E-state index in [9.17, 15) is 0 Å². The molecule has 19 heavy (non-hydrogen) atoms. The second kappa shape index (κ2) is 5.56. The van der Waals surface area contributed by atoms with Crippen molar-refractivity contribution in [2.45, 2.75) is 32.4 Å². The Hall–Kier alpha value is -0.980. The number of likely N-dealkylation sites (N-methyl/N-ethyl adjacent to an activating group) is 2. The molecule has 0 spiro atoms. The second-order valence-corrected chi connectivity index (χ2v) is 5.87. The fraction of sp³-hybridized carbons (Fsp3) is 0.846. The number of aromatic nitrogens is 2. The quantitative estimate of drug-likeness (QED) is 0.872. The molecule has 1 unspecified atom stereocenters. The number of nitrogens with one attached hydrogen (secondary N) is 1. The van der Waals surface area contributed by atoms with Gasteiger partial charge in [-0.2, -0.15) is 4.98 Å². The van der Waals surface area contributed by atoms with E-state index in [1.165, 1.54) is 0 Å². The first-order chi connectivity index (χ1) is 8.94. The van der Waals surface area contributed by atoms with Gasteiger partial charge in [0.2, 0.25) is 5.89 Å². The molecule has 1 aromatic heterocycles. The summed E-state index contributed by atoms with van der Waals surface area (Å²) in [5.74, 6) is 1.45. The summed E-state index contributed by atoms with van der Waals surface area (Å²) in [6, 6.07) is 0.216. The standard InChI is InChI=1S/C13H25N5O/c1-6-14-13(2,3)12-15-11(16-19-12)10-9-17(4)7-8-18(10)5/h10,14H,6-9H2,1-5H3. The zero-order valence-electron chi connectivity index (χ0n) is 12.6. The van der Waals surface area contributed by atoms with E-state index in [1.807, 2.05) is 0 Å². The molecule has 1 fully saturated rings. The summed E-state index contributed by atoms with van der Waals surface area (Å²) in [6.45, 7) is 10.1. The Morgan fingerprint density at radius 2 is 2.11 bits per heavy atom. The van der Waals surface area contributed by atoms with Gasteiger partial charge in [0.05, 0.1) is 11.6 Å². The maximum Gasteiger partial charge on any atom is 0.246 e. The van der Waals surface area contributed by atoms with Gasteiger partial charge in [-0.1, -0.05) is 12.1 Å². The highest BCUT2D eigenvalue weighted by atomic mass is 16.5. The smallest absolute Gasteiger partial charge is 0.246 e. The van der Waals surface area contributed by atoms with Crippen LogP contribution in [0.4, 0.5) is 0 Å². The van der Waals surface area contributed by atoms with Gasteiger partial charge in [0.15, 0.2) is 5.82 Å². The lowest BCUT2D eigenvalue weighted by Gasteiger charge is -2.35. The molecular weight excluding hydrogens is 242 g/mol. The van der Waals surface area contributed by atoms with E-state index >= 15 is 0 Å². The molecule has 6 nitrogen and oxygen atoms in total. The molecule has 1 aromatic rings. The largest absolute Gasteiger partial charge is 0.337 e. The van der Waals surface area contributed by atoms with Gasteiger partial charge < -0.3 is 14.7 Å². The molecule has 1 aliphatic rings. The Bertz CT molecular complexity index is 417. The molecule has 0 saturated carbocycles. The third kappa shape index (κ3) is 3.13. The van der Waals surface area contributed by atoms with Crippen molar-refractivity contribution in [3.8, 4) is 0 Å². The first-order valence-electron chi connectivity index (χ1n) is 6.92. The predicted molar refractivity (Wildman–Crippen MR) is 73.9 cm³/mol. The van der Waals surface area contributed by atoms with Crippen LogP contribution in [0.5, 0.6) is 0 Å². The Morgan fingerprint density at radius 1 is 1.37 bits per heavy atom.